The largest absolute Gasteiger partial charge is 0.506 e. The Morgan fingerprint density at radius 1 is 1.35 bits per heavy atom. The number of halogens is 2. The Morgan fingerprint density at radius 2 is 2.10 bits per heavy atom. The number of nitrogens with one attached hydrogen (secondary N) is 1. The van der Waals surface area contributed by atoms with Crippen molar-refractivity contribution in [3.05, 3.63) is 22.2 Å². The highest BCUT2D eigenvalue weighted by Crippen LogP contribution is 2.34. The Kier molecular flexibility index (Phi) is 5.01. The summed E-state index contributed by atoms with van der Waals surface area (Å²) >= 11 is 11.6. The Morgan fingerprint density at radius 3 is 2.75 bits per heavy atom. The van der Waals surface area contributed by atoms with Crippen molar-refractivity contribution < 1.29 is 18.3 Å². The number of phenolic OH excluding ortho intramolecular Hbond substituents is 1. The van der Waals surface area contributed by atoms with Crippen molar-refractivity contribution in [3.8, 4) is 5.75 Å². The molecule has 1 aromatic rings. The first-order valence-electron chi connectivity index (χ1n) is 6.13. The first-order chi connectivity index (χ1) is 9.37. The average Bonchev–Trinajstić information content (AvgIpc) is 2.36. The van der Waals surface area contributed by atoms with Gasteiger partial charge >= 0.3 is 0 Å². The van der Waals surface area contributed by atoms with Crippen molar-refractivity contribution in [2.24, 2.45) is 5.92 Å². The Hall–Kier alpha value is -0.690. The van der Waals surface area contributed by atoms with E-state index in [2.05, 4.69) is 4.72 Å². The average molecular weight is 340 g/mol. The van der Waals surface area contributed by atoms with E-state index in [9.17, 15) is 13.5 Å². The van der Waals surface area contributed by atoms with Crippen LogP contribution in [0.15, 0.2) is 12.1 Å². The second kappa shape index (κ2) is 6.39. The molecule has 0 aromatic heterocycles. The predicted molar refractivity (Wildman–Crippen MR) is 79.1 cm³/mol. The van der Waals surface area contributed by atoms with Gasteiger partial charge in [-0.05, 0) is 24.8 Å². The summed E-state index contributed by atoms with van der Waals surface area (Å²) < 4.78 is 31.8. The molecule has 0 spiro atoms. The van der Waals surface area contributed by atoms with Gasteiger partial charge in [-0.25, -0.2) is 8.42 Å². The van der Waals surface area contributed by atoms with Gasteiger partial charge in [-0.1, -0.05) is 23.2 Å². The van der Waals surface area contributed by atoms with E-state index in [1.54, 1.807) is 0 Å². The van der Waals surface area contributed by atoms with Crippen LogP contribution in [0.1, 0.15) is 12.8 Å². The van der Waals surface area contributed by atoms with Gasteiger partial charge in [0.05, 0.1) is 28.1 Å². The lowest BCUT2D eigenvalue weighted by Gasteiger charge is -2.22. The molecular weight excluding hydrogens is 325 g/mol. The molecular formula is C12H15Cl2NO4S. The Labute approximate surface area is 127 Å². The summed E-state index contributed by atoms with van der Waals surface area (Å²) in [5.74, 6) is -0.289. The number of aromatic hydroxyl groups is 1. The molecule has 1 aliphatic rings. The number of anilines is 1. The van der Waals surface area contributed by atoms with E-state index in [1.807, 2.05) is 0 Å². The van der Waals surface area contributed by atoms with E-state index in [1.165, 1.54) is 12.1 Å². The fraction of sp³-hybridized carbons (Fsp3) is 0.500. The van der Waals surface area contributed by atoms with Crippen LogP contribution < -0.4 is 4.72 Å². The van der Waals surface area contributed by atoms with Crippen LogP contribution in [0.25, 0.3) is 0 Å². The van der Waals surface area contributed by atoms with Gasteiger partial charge in [-0.3, -0.25) is 4.72 Å². The summed E-state index contributed by atoms with van der Waals surface area (Å²) in [6.07, 6.45) is 1.68. The van der Waals surface area contributed by atoms with E-state index in [-0.39, 0.29) is 33.2 Å². The number of hydrogen-bond acceptors (Lipinski definition) is 4. The Bertz CT molecular complexity index is 585. The molecule has 1 aliphatic heterocycles. The molecule has 2 rings (SSSR count). The maximum Gasteiger partial charge on any atom is 0.233 e. The first-order valence-corrected chi connectivity index (χ1v) is 8.54. The van der Waals surface area contributed by atoms with Crippen LogP contribution in [0.4, 0.5) is 5.69 Å². The lowest BCUT2D eigenvalue weighted by molar-refractivity contribution is 0.0626. The van der Waals surface area contributed by atoms with Crippen LogP contribution in [0, 0.1) is 5.92 Å². The highest BCUT2D eigenvalue weighted by molar-refractivity contribution is 7.92. The lowest BCUT2D eigenvalue weighted by atomic mass is 10.1. The highest BCUT2D eigenvalue weighted by Gasteiger charge is 2.22. The molecule has 1 fully saturated rings. The minimum Gasteiger partial charge on any atom is -0.506 e. The van der Waals surface area contributed by atoms with Crippen LogP contribution in [0.3, 0.4) is 0 Å². The molecule has 0 aliphatic carbocycles. The smallest absolute Gasteiger partial charge is 0.233 e. The van der Waals surface area contributed by atoms with Crippen LogP contribution in [0.5, 0.6) is 5.75 Å². The zero-order valence-electron chi connectivity index (χ0n) is 10.6. The third-order valence-electron chi connectivity index (χ3n) is 3.01. The van der Waals surface area contributed by atoms with Crippen LogP contribution in [-0.4, -0.2) is 32.5 Å². The molecule has 5 nitrogen and oxygen atoms in total. The maximum absolute atomic E-state index is 12.1. The minimum absolute atomic E-state index is 0.0269. The number of phenols is 1. The van der Waals surface area contributed by atoms with Crippen LogP contribution in [-0.2, 0) is 14.8 Å². The van der Waals surface area contributed by atoms with Crippen LogP contribution >= 0.6 is 23.2 Å². The van der Waals surface area contributed by atoms with Crippen molar-refractivity contribution in [3.63, 3.8) is 0 Å². The summed E-state index contributed by atoms with van der Waals surface area (Å²) in [6, 6.07) is 2.49. The van der Waals surface area contributed by atoms with Crippen molar-refractivity contribution in [2.45, 2.75) is 12.8 Å². The SMILES string of the molecule is O=S(=O)(CC1CCCOC1)Nc1cc(O)c(Cl)cc1Cl. The molecule has 0 bridgehead atoms. The predicted octanol–water partition coefficient (Wildman–Crippen LogP) is 2.87. The third-order valence-corrected chi connectivity index (χ3v) is 5.07. The summed E-state index contributed by atoms with van der Waals surface area (Å²) in [5, 5.41) is 9.70. The standard InChI is InChI=1S/C12H15Cl2NO4S/c13-9-4-10(14)12(16)5-11(9)15-20(17,18)7-8-2-1-3-19-6-8/h4-5,8,15-16H,1-3,6-7H2. The van der Waals surface area contributed by atoms with Gasteiger partial charge < -0.3 is 9.84 Å². The first kappa shape index (κ1) is 15.7. The van der Waals surface area contributed by atoms with Crippen molar-refractivity contribution >= 4 is 38.9 Å². The summed E-state index contributed by atoms with van der Waals surface area (Å²) in [5.41, 5.74) is 0.116. The van der Waals surface area contributed by atoms with Gasteiger partial charge in [-0.2, -0.15) is 0 Å². The fourth-order valence-electron chi connectivity index (χ4n) is 2.07. The summed E-state index contributed by atoms with van der Waals surface area (Å²) in [7, 11) is -3.56. The highest BCUT2D eigenvalue weighted by atomic mass is 35.5. The molecule has 0 radical (unpaired) electrons. The van der Waals surface area contributed by atoms with Gasteiger partial charge in [0.25, 0.3) is 0 Å². The summed E-state index contributed by atoms with van der Waals surface area (Å²) in [4.78, 5) is 0. The molecule has 20 heavy (non-hydrogen) atoms. The summed E-state index contributed by atoms with van der Waals surface area (Å²) in [6.45, 7) is 1.13. The maximum atomic E-state index is 12.1. The zero-order valence-corrected chi connectivity index (χ0v) is 12.9. The second-order valence-electron chi connectivity index (χ2n) is 4.75. The van der Waals surface area contributed by atoms with E-state index < -0.39 is 10.0 Å². The van der Waals surface area contributed by atoms with E-state index in [0.717, 1.165) is 12.8 Å². The molecule has 0 amide bonds. The van der Waals surface area contributed by atoms with E-state index in [0.29, 0.717) is 13.2 Å². The monoisotopic (exact) mass is 339 g/mol. The molecule has 1 unspecified atom stereocenters. The van der Waals surface area contributed by atoms with Gasteiger partial charge in [0.1, 0.15) is 5.75 Å². The van der Waals surface area contributed by atoms with Crippen LogP contribution in [0.2, 0.25) is 10.0 Å². The number of sulfonamides is 1. The number of hydrogen-bond donors (Lipinski definition) is 2. The van der Waals surface area contributed by atoms with Gasteiger partial charge in [0, 0.05) is 12.7 Å². The van der Waals surface area contributed by atoms with Gasteiger partial charge in [-0.15, -0.1) is 0 Å². The lowest BCUT2D eigenvalue weighted by Crippen LogP contribution is -2.28. The molecule has 1 aromatic carbocycles. The fourth-order valence-corrected chi connectivity index (χ4v) is 4.03. The molecule has 1 saturated heterocycles. The molecule has 0 saturated carbocycles. The van der Waals surface area contributed by atoms with E-state index >= 15 is 0 Å². The van der Waals surface area contributed by atoms with E-state index in [4.69, 9.17) is 27.9 Å². The number of benzene rings is 1. The van der Waals surface area contributed by atoms with Gasteiger partial charge in [0.15, 0.2) is 0 Å². The normalized spacial score (nSPS) is 19.8. The zero-order chi connectivity index (χ0) is 14.8. The van der Waals surface area contributed by atoms with Crippen molar-refractivity contribution in [2.75, 3.05) is 23.7 Å². The van der Waals surface area contributed by atoms with Gasteiger partial charge in [0.2, 0.25) is 10.0 Å². The second-order valence-corrected chi connectivity index (χ2v) is 7.33. The molecule has 112 valence electrons. The Balaban J connectivity index is 2.09. The topological polar surface area (TPSA) is 75.6 Å². The number of ether oxygens (including phenoxy) is 1. The molecule has 1 heterocycles. The molecule has 2 N–H and O–H groups in total. The number of rotatable bonds is 4. The van der Waals surface area contributed by atoms with Crippen molar-refractivity contribution in [1.82, 2.24) is 0 Å². The third kappa shape index (κ3) is 4.15. The molecule has 1 atom stereocenters. The van der Waals surface area contributed by atoms with Crippen molar-refractivity contribution in [1.29, 1.82) is 0 Å². The molecule has 8 heteroatoms. The minimum atomic E-state index is -3.56. The quantitative estimate of drug-likeness (QED) is 0.884.